The Kier molecular flexibility index (Phi) is 7.33. The molecule has 0 amide bonds. The molecule has 0 atom stereocenters. The van der Waals surface area contributed by atoms with Crippen LogP contribution in [0, 0.1) is 7.66 Å². The van der Waals surface area contributed by atoms with Gasteiger partial charge in [-0.15, -0.1) is 0 Å². The normalized spacial score (nSPS) is 11.5. The molecule has 0 unspecified atom stereocenters. The number of aromatic nitrogens is 6. The Morgan fingerprint density at radius 1 is 0.656 bits per heavy atom. The lowest BCUT2D eigenvalue weighted by Gasteiger charge is -2.27. The molecule has 0 bridgehead atoms. The van der Waals surface area contributed by atoms with Crippen LogP contribution in [0.1, 0.15) is 24.5 Å². The summed E-state index contributed by atoms with van der Waals surface area (Å²) in [4.78, 5) is 27.7. The average molecular weight is 650 g/mol. The summed E-state index contributed by atoms with van der Waals surface area (Å²) >= 11 is 4.16. The molecule has 8 nitrogen and oxygen atoms in total. The summed E-state index contributed by atoms with van der Waals surface area (Å²) < 4.78 is 1.09. The van der Waals surface area contributed by atoms with Crippen molar-refractivity contribution in [2.24, 2.45) is 11.5 Å². The highest BCUT2D eigenvalue weighted by atomic mass is 127. The molecule has 2 heterocycles. The fourth-order valence-electron chi connectivity index (χ4n) is 3.24. The van der Waals surface area contributed by atoms with Crippen LogP contribution in [0.4, 0.5) is 0 Å². The van der Waals surface area contributed by atoms with Gasteiger partial charge < -0.3 is 11.5 Å². The van der Waals surface area contributed by atoms with Crippen LogP contribution < -0.4 is 11.5 Å². The Morgan fingerprint density at radius 3 is 1.50 bits per heavy atom. The SMILES string of the molecule is NCCCC(N)(c1nc(I)nc(-c2ccccc2)n1)c1nc(I)nc(-c2ccccc2)n1. The van der Waals surface area contributed by atoms with E-state index >= 15 is 0 Å². The average Bonchev–Trinajstić information content (AvgIpc) is 2.83. The zero-order valence-electron chi connectivity index (χ0n) is 17.0. The Bertz CT molecular complexity index is 1120. The second-order valence-corrected chi connectivity index (χ2v) is 9.03. The van der Waals surface area contributed by atoms with Crippen molar-refractivity contribution < 1.29 is 0 Å². The number of hydrogen-bond acceptors (Lipinski definition) is 8. The Labute approximate surface area is 213 Å². The van der Waals surface area contributed by atoms with Crippen LogP contribution in [0.3, 0.4) is 0 Å². The van der Waals surface area contributed by atoms with E-state index in [1.165, 1.54) is 0 Å². The van der Waals surface area contributed by atoms with Gasteiger partial charge in [-0.2, -0.15) is 0 Å². The lowest BCUT2D eigenvalue weighted by molar-refractivity contribution is 0.419. The monoisotopic (exact) mass is 650 g/mol. The molecule has 4 aromatic rings. The highest BCUT2D eigenvalue weighted by Crippen LogP contribution is 2.30. The maximum absolute atomic E-state index is 6.99. The maximum Gasteiger partial charge on any atom is 0.194 e. The van der Waals surface area contributed by atoms with Crippen LogP contribution in [0.5, 0.6) is 0 Å². The second-order valence-electron chi connectivity index (χ2n) is 7.10. The standard InChI is InChI=1S/C22H20I2N8/c23-20-29-16(14-8-3-1-4-9-14)27-18(31-20)22(26,12-7-13-25)19-28-17(30-21(24)32-19)15-10-5-2-6-11-15/h1-6,8-11H,7,12-13,25-26H2. The first kappa shape index (κ1) is 23.0. The van der Waals surface area contributed by atoms with Gasteiger partial charge in [-0.1, -0.05) is 60.7 Å². The summed E-state index contributed by atoms with van der Waals surface area (Å²) in [7, 11) is 0. The van der Waals surface area contributed by atoms with E-state index in [9.17, 15) is 0 Å². The molecule has 2 aromatic heterocycles. The molecule has 32 heavy (non-hydrogen) atoms. The van der Waals surface area contributed by atoms with Crippen molar-refractivity contribution in [1.82, 2.24) is 29.9 Å². The molecule has 0 aliphatic rings. The zero-order chi connectivity index (χ0) is 22.6. The van der Waals surface area contributed by atoms with Crippen molar-refractivity contribution in [1.29, 1.82) is 0 Å². The number of hydrogen-bond donors (Lipinski definition) is 2. The third-order valence-corrected chi connectivity index (χ3v) is 5.82. The van der Waals surface area contributed by atoms with Crippen LogP contribution in [0.2, 0.25) is 0 Å². The van der Waals surface area contributed by atoms with Crippen LogP contribution in [0.25, 0.3) is 22.8 Å². The molecule has 10 heteroatoms. The molecule has 0 aliphatic carbocycles. The zero-order valence-corrected chi connectivity index (χ0v) is 21.3. The van der Waals surface area contributed by atoms with Gasteiger partial charge in [0.05, 0.1) is 0 Å². The van der Waals surface area contributed by atoms with Crippen LogP contribution in [0.15, 0.2) is 60.7 Å². The molecule has 0 fully saturated rings. The topological polar surface area (TPSA) is 129 Å². The summed E-state index contributed by atoms with van der Waals surface area (Å²) in [5.41, 5.74) is 13.4. The van der Waals surface area contributed by atoms with Gasteiger partial charge in [-0.25, -0.2) is 29.9 Å². The number of nitrogens with zero attached hydrogens (tertiary/aromatic N) is 6. The van der Waals surface area contributed by atoms with Crippen molar-refractivity contribution >= 4 is 45.2 Å². The molecule has 162 valence electrons. The second kappa shape index (κ2) is 10.2. The van der Waals surface area contributed by atoms with E-state index < -0.39 is 5.54 Å². The smallest absolute Gasteiger partial charge is 0.194 e. The summed E-state index contributed by atoms with van der Waals surface area (Å²) in [5, 5.41) is 0. The van der Waals surface area contributed by atoms with Crippen LogP contribution in [-0.4, -0.2) is 36.4 Å². The molecule has 4 rings (SSSR count). The van der Waals surface area contributed by atoms with E-state index in [0.717, 1.165) is 11.1 Å². The first-order valence-corrected chi connectivity index (χ1v) is 12.1. The summed E-state index contributed by atoms with van der Waals surface area (Å²) in [6, 6.07) is 19.5. The molecule has 0 spiro atoms. The lowest BCUT2D eigenvalue weighted by atomic mass is 9.92. The third-order valence-electron chi connectivity index (χ3n) is 4.85. The Hall–Kier alpha value is -2.16. The predicted molar refractivity (Wildman–Crippen MR) is 139 cm³/mol. The summed E-state index contributed by atoms with van der Waals surface area (Å²) in [5.74, 6) is 1.92. The highest BCUT2D eigenvalue weighted by molar-refractivity contribution is 14.1. The molecule has 0 saturated carbocycles. The molecule has 4 N–H and O–H groups in total. The third kappa shape index (κ3) is 5.08. The van der Waals surface area contributed by atoms with E-state index in [1.807, 2.05) is 60.7 Å². The summed E-state index contributed by atoms with van der Waals surface area (Å²) in [6.45, 7) is 0.473. The first-order valence-electron chi connectivity index (χ1n) is 9.93. The molecular formula is C22H20I2N8. The minimum Gasteiger partial charge on any atom is -0.330 e. The van der Waals surface area contributed by atoms with E-state index in [2.05, 4.69) is 65.1 Å². The number of benzene rings is 2. The largest absolute Gasteiger partial charge is 0.330 e. The van der Waals surface area contributed by atoms with Gasteiger partial charge in [-0.05, 0) is 19.4 Å². The minimum atomic E-state index is -1.15. The molecule has 0 aliphatic heterocycles. The minimum absolute atomic E-state index is 0.408. The van der Waals surface area contributed by atoms with E-state index in [4.69, 9.17) is 21.4 Å². The quantitative estimate of drug-likeness (QED) is 0.291. The van der Waals surface area contributed by atoms with Crippen LogP contribution >= 0.6 is 45.2 Å². The van der Waals surface area contributed by atoms with Gasteiger partial charge in [0.1, 0.15) is 5.54 Å². The number of halogens is 2. The van der Waals surface area contributed by atoms with Gasteiger partial charge >= 0.3 is 0 Å². The van der Waals surface area contributed by atoms with Gasteiger partial charge in [-0.3, -0.25) is 0 Å². The van der Waals surface area contributed by atoms with Gasteiger partial charge in [0, 0.05) is 56.3 Å². The van der Waals surface area contributed by atoms with Crippen molar-refractivity contribution in [3.63, 3.8) is 0 Å². The summed E-state index contributed by atoms with van der Waals surface area (Å²) in [6.07, 6.45) is 1.13. The maximum atomic E-state index is 6.99. The lowest BCUT2D eigenvalue weighted by Crippen LogP contribution is -2.43. The number of rotatable bonds is 7. The van der Waals surface area contributed by atoms with Crippen molar-refractivity contribution in [3.8, 4) is 22.8 Å². The van der Waals surface area contributed by atoms with E-state index in [0.29, 0.717) is 50.3 Å². The van der Waals surface area contributed by atoms with Crippen LogP contribution in [-0.2, 0) is 5.54 Å². The Morgan fingerprint density at radius 2 is 1.09 bits per heavy atom. The van der Waals surface area contributed by atoms with Gasteiger partial charge in [0.25, 0.3) is 0 Å². The highest BCUT2D eigenvalue weighted by Gasteiger charge is 2.37. The number of nitrogens with two attached hydrogens (primary N) is 2. The van der Waals surface area contributed by atoms with Gasteiger partial charge in [0.2, 0.25) is 0 Å². The van der Waals surface area contributed by atoms with E-state index in [1.54, 1.807) is 0 Å². The molecule has 2 aromatic carbocycles. The van der Waals surface area contributed by atoms with E-state index in [-0.39, 0.29) is 0 Å². The first-order chi connectivity index (χ1) is 15.5. The fraction of sp³-hybridized carbons (Fsp3) is 0.182. The fourth-order valence-corrected chi connectivity index (χ4v) is 4.15. The predicted octanol–water partition coefficient (Wildman–Crippen LogP) is 3.54. The van der Waals surface area contributed by atoms with Crippen molar-refractivity contribution in [3.05, 3.63) is 80.0 Å². The molecule has 0 radical (unpaired) electrons. The van der Waals surface area contributed by atoms with Crippen molar-refractivity contribution in [2.75, 3.05) is 6.54 Å². The Balaban J connectivity index is 1.87. The molecular weight excluding hydrogens is 630 g/mol. The van der Waals surface area contributed by atoms with Gasteiger partial charge in [0.15, 0.2) is 31.0 Å². The van der Waals surface area contributed by atoms with Crippen molar-refractivity contribution in [2.45, 2.75) is 18.4 Å². The molecule has 0 saturated heterocycles.